The Morgan fingerprint density at radius 1 is 1.23 bits per heavy atom. The first kappa shape index (κ1) is 18.5. The number of sulfonamides is 1. The van der Waals surface area contributed by atoms with Crippen LogP contribution in [0.4, 0.5) is 0 Å². The first-order valence-corrected chi connectivity index (χ1v) is 8.89. The highest BCUT2D eigenvalue weighted by Gasteiger charge is 2.18. The SMILES string of the molecule is CN(C)CCNC(=O)CCN(Cc1ccncc1)S(C)(=O)=O. The third-order valence-corrected chi connectivity index (χ3v) is 4.30. The number of pyridine rings is 1. The highest BCUT2D eigenvalue weighted by Crippen LogP contribution is 2.08. The third-order valence-electron chi connectivity index (χ3n) is 3.05. The summed E-state index contributed by atoms with van der Waals surface area (Å²) >= 11 is 0. The Morgan fingerprint density at radius 2 is 1.86 bits per heavy atom. The van der Waals surface area contributed by atoms with Crippen LogP contribution in [-0.2, 0) is 21.4 Å². The molecule has 0 aliphatic rings. The third kappa shape index (κ3) is 7.48. The van der Waals surface area contributed by atoms with Crippen molar-refractivity contribution in [2.75, 3.05) is 40.0 Å². The van der Waals surface area contributed by atoms with Gasteiger partial charge < -0.3 is 10.2 Å². The Balaban J connectivity index is 2.51. The van der Waals surface area contributed by atoms with E-state index in [0.29, 0.717) is 6.54 Å². The second-order valence-electron chi connectivity index (χ2n) is 5.36. The molecule has 0 saturated heterocycles. The van der Waals surface area contributed by atoms with Gasteiger partial charge in [0.15, 0.2) is 0 Å². The molecule has 0 aromatic carbocycles. The van der Waals surface area contributed by atoms with Crippen molar-refractivity contribution >= 4 is 15.9 Å². The lowest BCUT2D eigenvalue weighted by Gasteiger charge is -2.20. The van der Waals surface area contributed by atoms with Gasteiger partial charge in [0.2, 0.25) is 15.9 Å². The van der Waals surface area contributed by atoms with E-state index >= 15 is 0 Å². The minimum absolute atomic E-state index is 0.144. The Hall–Kier alpha value is -1.51. The van der Waals surface area contributed by atoms with Gasteiger partial charge in [0.1, 0.15) is 0 Å². The van der Waals surface area contributed by atoms with Crippen molar-refractivity contribution in [3.63, 3.8) is 0 Å². The van der Waals surface area contributed by atoms with Crippen LogP contribution < -0.4 is 5.32 Å². The minimum atomic E-state index is -3.37. The molecule has 0 bridgehead atoms. The number of hydrogen-bond acceptors (Lipinski definition) is 5. The molecule has 0 atom stereocenters. The molecule has 0 saturated carbocycles. The summed E-state index contributed by atoms with van der Waals surface area (Å²) in [5, 5.41) is 2.77. The largest absolute Gasteiger partial charge is 0.355 e. The number of carbonyl (C=O) groups is 1. The molecule has 0 unspecified atom stereocenters. The summed E-state index contributed by atoms with van der Waals surface area (Å²) in [5.41, 5.74) is 0.841. The normalized spacial score (nSPS) is 11.9. The maximum absolute atomic E-state index is 11.8. The van der Waals surface area contributed by atoms with E-state index in [1.54, 1.807) is 24.5 Å². The predicted molar refractivity (Wildman–Crippen MR) is 85.7 cm³/mol. The molecule has 1 amide bonds. The van der Waals surface area contributed by atoms with Crippen molar-refractivity contribution in [3.05, 3.63) is 30.1 Å². The molecule has 0 fully saturated rings. The van der Waals surface area contributed by atoms with Crippen molar-refractivity contribution in [2.45, 2.75) is 13.0 Å². The lowest BCUT2D eigenvalue weighted by molar-refractivity contribution is -0.121. The molecule has 7 nitrogen and oxygen atoms in total. The molecule has 22 heavy (non-hydrogen) atoms. The van der Waals surface area contributed by atoms with Crippen LogP contribution in [0.2, 0.25) is 0 Å². The van der Waals surface area contributed by atoms with Crippen LogP contribution in [0.1, 0.15) is 12.0 Å². The molecule has 0 aliphatic carbocycles. The molecule has 8 heteroatoms. The van der Waals surface area contributed by atoms with Crippen molar-refractivity contribution < 1.29 is 13.2 Å². The van der Waals surface area contributed by atoms with Crippen LogP contribution >= 0.6 is 0 Å². The Bertz CT molecular complexity index is 561. The minimum Gasteiger partial charge on any atom is -0.355 e. The summed E-state index contributed by atoms with van der Waals surface area (Å²) in [6.45, 7) is 1.70. The zero-order valence-electron chi connectivity index (χ0n) is 13.3. The standard InChI is InChI=1S/C14H24N4O3S/c1-17(2)11-9-16-14(19)6-10-18(22(3,20)21)12-13-4-7-15-8-5-13/h4-5,7-8H,6,9-12H2,1-3H3,(H,16,19). The van der Waals surface area contributed by atoms with Gasteiger partial charge in [0.25, 0.3) is 0 Å². The van der Waals surface area contributed by atoms with E-state index in [4.69, 9.17) is 0 Å². The highest BCUT2D eigenvalue weighted by molar-refractivity contribution is 7.88. The number of nitrogens with one attached hydrogen (secondary N) is 1. The van der Waals surface area contributed by atoms with Gasteiger partial charge in [-0.3, -0.25) is 9.78 Å². The molecule has 0 aliphatic heterocycles. The van der Waals surface area contributed by atoms with Crippen LogP contribution in [0.25, 0.3) is 0 Å². The van der Waals surface area contributed by atoms with Crippen LogP contribution in [0.5, 0.6) is 0 Å². The number of amides is 1. The fourth-order valence-electron chi connectivity index (χ4n) is 1.79. The fraction of sp³-hybridized carbons (Fsp3) is 0.571. The average Bonchev–Trinajstić information content (AvgIpc) is 2.43. The maximum Gasteiger partial charge on any atom is 0.221 e. The number of carbonyl (C=O) groups excluding carboxylic acids is 1. The molecule has 124 valence electrons. The Morgan fingerprint density at radius 3 is 2.41 bits per heavy atom. The quantitative estimate of drug-likeness (QED) is 0.685. The van der Waals surface area contributed by atoms with Crippen molar-refractivity contribution in [2.24, 2.45) is 0 Å². The highest BCUT2D eigenvalue weighted by atomic mass is 32.2. The first-order chi connectivity index (χ1) is 10.3. The van der Waals surface area contributed by atoms with E-state index in [-0.39, 0.29) is 25.4 Å². The second kappa shape index (κ2) is 8.82. The van der Waals surface area contributed by atoms with E-state index in [0.717, 1.165) is 18.4 Å². The van der Waals surface area contributed by atoms with E-state index in [1.165, 1.54) is 4.31 Å². The molecule has 1 aromatic rings. The Kier molecular flexibility index (Phi) is 7.43. The summed E-state index contributed by atoms with van der Waals surface area (Å²) in [6, 6.07) is 3.52. The van der Waals surface area contributed by atoms with Gasteiger partial charge >= 0.3 is 0 Å². The Labute approximate surface area is 132 Å². The molecule has 1 rings (SSSR count). The topological polar surface area (TPSA) is 82.6 Å². The monoisotopic (exact) mass is 328 g/mol. The number of nitrogens with zero attached hydrogens (tertiary/aromatic N) is 3. The van der Waals surface area contributed by atoms with Crippen LogP contribution in [0.15, 0.2) is 24.5 Å². The molecule has 0 radical (unpaired) electrons. The number of rotatable bonds is 9. The summed E-state index contributed by atoms with van der Waals surface area (Å²) in [7, 11) is 0.478. The van der Waals surface area contributed by atoms with Gasteiger partial charge in [-0.2, -0.15) is 4.31 Å². The summed E-state index contributed by atoms with van der Waals surface area (Å²) in [4.78, 5) is 17.6. The molecular weight excluding hydrogens is 304 g/mol. The number of likely N-dealkylation sites (N-methyl/N-ethyl adjacent to an activating group) is 1. The predicted octanol–water partition coefficient (Wildman–Crippen LogP) is -0.0889. The van der Waals surface area contributed by atoms with Crippen molar-refractivity contribution in [3.8, 4) is 0 Å². The van der Waals surface area contributed by atoms with E-state index in [2.05, 4.69) is 10.3 Å². The van der Waals surface area contributed by atoms with Crippen LogP contribution in [0, 0.1) is 0 Å². The van der Waals surface area contributed by atoms with Gasteiger partial charge in [-0.25, -0.2) is 8.42 Å². The lowest BCUT2D eigenvalue weighted by atomic mass is 10.2. The average molecular weight is 328 g/mol. The molecule has 1 aromatic heterocycles. The van der Waals surface area contributed by atoms with Gasteiger partial charge in [-0.15, -0.1) is 0 Å². The lowest BCUT2D eigenvalue weighted by Crippen LogP contribution is -2.36. The number of aromatic nitrogens is 1. The summed E-state index contributed by atoms with van der Waals surface area (Å²) in [6.07, 6.45) is 4.53. The molecule has 0 spiro atoms. The summed E-state index contributed by atoms with van der Waals surface area (Å²) < 4.78 is 24.9. The zero-order chi connectivity index (χ0) is 16.6. The zero-order valence-corrected chi connectivity index (χ0v) is 14.1. The number of hydrogen-bond donors (Lipinski definition) is 1. The second-order valence-corrected chi connectivity index (χ2v) is 7.34. The van der Waals surface area contributed by atoms with E-state index in [1.807, 2.05) is 19.0 Å². The molecular formula is C14H24N4O3S. The van der Waals surface area contributed by atoms with Gasteiger partial charge in [-0.05, 0) is 31.8 Å². The van der Waals surface area contributed by atoms with Gasteiger partial charge in [0, 0.05) is 45.0 Å². The van der Waals surface area contributed by atoms with E-state index < -0.39 is 10.0 Å². The summed E-state index contributed by atoms with van der Waals surface area (Å²) in [5.74, 6) is -0.148. The van der Waals surface area contributed by atoms with Gasteiger partial charge in [-0.1, -0.05) is 0 Å². The van der Waals surface area contributed by atoms with Crippen molar-refractivity contribution in [1.29, 1.82) is 0 Å². The molecule has 1 heterocycles. The maximum atomic E-state index is 11.8. The molecule has 1 N–H and O–H groups in total. The fourth-order valence-corrected chi connectivity index (χ4v) is 2.59. The van der Waals surface area contributed by atoms with Crippen LogP contribution in [-0.4, -0.2) is 68.5 Å². The van der Waals surface area contributed by atoms with Gasteiger partial charge in [0.05, 0.1) is 6.26 Å². The smallest absolute Gasteiger partial charge is 0.221 e. The van der Waals surface area contributed by atoms with Crippen molar-refractivity contribution in [1.82, 2.24) is 19.5 Å². The first-order valence-electron chi connectivity index (χ1n) is 7.04. The van der Waals surface area contributed by atoms with Crippen LogP contribution in [0.3, 0.4) is 0 Å². The van der Waals surface area contributed by atoms with E-state index in [9.17, 15) is 13.2 Å².